The number of likely N-dealkylation sites (tertiary alicyclic amines) is 1. The van der Waals surface area contributed by atoms with Crippen LogP contribution < -0.4 is 0 Å². The molecule has 0 radical (unpaired) electrons. The second-order valence-electron chi connectivity index (χ2n) is 7.47. The second-order valence-corrected chi connectivity index (χ2v) is 7.47. The van der Waals surface area contributed by atoms with Crippen molar-refractivity contribution in [2.24, 2.45) is 5.92 Å². The average Bonchev–Trinajstić information content (AvgIpc) is 3.27. The number of hydrogen-bond donors (Lipinski definition) is 0. The Labute approximate surface area is 151 Å². The summed E-state index contributed by atoms with van der Waals surface area (Å²) < 4.78 is 3.83. The summed E-state index contributed by atoms with van der Waals surface area (Å²) in [5.41, 5.74) is 2.57. The fourth-order valence-electron chi connectivity index (χ4n) is 3.88. The number of rotatable bonds is 4. The quantitative estimate of drug-likeness (QED) is 0.724. The highest BCUT2D eigenvalue weighted by molar-refractivity contribution is 5.93. The fourth-order valence-corrected chi connectivity index (χ4v) is 3.88. The van der Waals surface area contributed by atoms with Crippen LogP contribution in [0.2, 0.25) is 0 Å². The predicted octanol–water partition coefficient (Wildman–Crippen LogP) is 2.36. The highest BCUT2D eigenvalue weighted by Gasteiger charge is 2.29. The molecule has 1 atom stereocenters. The Morgan fingerprint density at radius 2 is 2.15 bits per heavy atom. The lowest BCUT2D eigenvalue weighted by molar-refractivity contribution is 0.0652. The van der Waals surface area contributed by atoms with E-state index in [2.05, 4.69) is 21.5 Å². The van der Waals surface area contributed by atoms with Crippen molar-refractivity contribution in [1.29, 1.82) is 0 Å². The standard InChI is InChI=1S/C19H22N6O/c26-19(17-10-20-18-5-1-2-9-25(17)18)23-8-3-4-14(11-23)12-24-13-16(21-22-24)15-6-7-15/h1-2,5,9-10,13-15H,3-4,6-8,11-12H2/t14-/m0/s1. The van der Waals surface area contributed by atoms with Crippen LogP contribution in [0.15, 0.2) is 36.8 Å². The zero-order valence-electron chi connectivity index (χ0n) is 14.7. The number of hydrogen-bond acceptors (Lipinski definition) is 4. The number of fused-ring (bicyclic) bond motifs is 1. The van der Waals surface area contributed by atoms with Gasteiger partial charge in [-0.05, 0) is 43.7 Å². The van der Waals surface area contributed by atoms with Crippen molar-refractivity contribution in [2.45, 2.75) is 38.1 Å². The van der Waals surface area contributed by atoms with E-state index in [4.69, 9.17) is 0 Å². The van der Waals surface area contributed by atoms with E-state index in [1.807, 2.05) is 38.4 Å². The van der Waals surface area contributed by atoms with Crippen LogP contribution in [0.1, 0.15) is 47.8 Å². The summed E-state index contributed by atoms with van der Waals surface area (Å²) in [6.07, 6.45) is 10.3. The van der Waals surface area contributed by atoms with Gasteiger partial charge in [-0.15, -0.1) is 5.10 Å². The molecule has 0 unspecified atom stereocenters. The molecule has 7 heteroatoms. The molecule has 0 N–H and O–H groups in total. The molecule has 134 valence electrons. The molecule has 1 amide bonds. The molecular formula is C19H22N6O. The maximum absolute atomic E-state index is 13.0. The number of aromatic nitrogens is 5. The zero-order valence-corrected chi connectivity index (χ0v) is 14.7. The molecule has 4 heterocycles. The minimum Gasteiger partial charge on any atom is -0.337 e. The summed E-state index contributed by atoms with van der Waals surface area (Å²) in [7, 11) is 0. The molecule has 0 spiro atoms. The van der Waals surface area contributed by atoms with Crippen molar-refractivity contribution in [2.75, 3.05) is 13.1 Å². The molecule has 26 heavy (non-hydrogen) atoms. The maximum atomic E-state index is 13.0. The molecule has 2 fully saturated rings. The Morgan fingerprint density at radius 3 is 3.04 bits per heavy atom. The smallest absolute Gasteiger partial charge is 0.272 e. The van der Waals surface area contributed by atoms with Crippen LogP contribution in [0.5, 0.6) is 0 Å². The molecule has 5 rings (SSSR count). The summed E-state index contributed by atoms with van der Waals surface area (Å²) in [4.78, 5) is 19.3. The van der Waals surface area contributed by atoms with E-state index < -0.39 is 0 Å². The number of pyridine rings is 1. The molecule has 1 aliphatic heterocycles. The van der Waals surface area contributed by atoms with Gasteiger partial charge in [0.15, 0.2) is 0 Å². The molecule has 3 aromatic heterocycles. The summed E-state index contributed by atoms with van der Waals surface area (Å²) >= 11 is 0. The average molecular weight is 350 g/mol. The van der Waals surface area contributed by atoms with Gasteiger partial charge in [0.1, 0.15) is 11.3 Å². The van der Waals surface area contributed by atoms with Crippen molar-refractivity contribution >= 4 is 11.6 Å². The van der Waals surface area contributed by atoms with Crippen molar-refractivity contribution in [3.8, 4) is 0 Å². The third kappa shape index (κ3) is 2.87. The van der Waals surface area contributed by atoms with Gasteiger partial charge in [-0.1, -0.05) is 11.3 Å². The van der Waals surface area contributed by atoms with Gasteiger partial charge in [0.2, 0.25) is 0 Å². The van der Waals surface area contributed by atoms with E-state index in [-0.39, 0.29) is 5.91 Å². The fraction of sp³-hybridized carbons (Fsp3) is 0.474. The molecule has 3 aromatic rings. The van der Waals surface area contributed by atoms with Crippen LogP contribution >= 0.6 is 0 Å². The zero-order chi connectivity index (χ0) is 17.5. The number of imidazole rings is 1. The Balaban J connectivity index is 1.29. The van der Waals surface area contributed by atoms with E-state index in [0.29, 0.717) is 17.5 Å². The summed E-state index contributed by atoms with van der Waals surface area (Å²) in [6.45, 7) is 2.40. The molecule has 1 aliphatic carbocycles. The normalized spacial score (nSPS) is 20.6. The van der Waals surface area contributed by atoms with Crippen LogP contribution in [0.4, 0.5) is 0 Å². The number of carbonyl (C=O) groups is 1. The summed E-state index contributed by atoms with van der Waals surface area (Å²) in [5.74, 6) is 1.11. The van der Waals surface area contributed by atoms with Crippen LogP contribution in [0, 0.1) is 5.92 Å². The van der Waals surface area contributed by atoms with Gasteiger partial charge in [0.05, 0.1) is 11.9 Å². The summed E-state index contributed by atoms with van der Waals surface area (Å²) in [6, 6.07) is 5.77. The number of piperidine rings is 1. The lowest BCUT2D eigenvalue weighted by Crippen LogP contribution is -2.41. The van der Waals surface area contributed by atoms with Gasteiger partial charge in [0, 0.05) is 37.9 Å². The van der Waals surface area contributed by atoms with Crippen LogP contribution in [0.3, 0.4) is 0 Å². The Kier molecular flexibility index (Phi) is 3.72. The largest absolute Gasteiger partial charge is 0.337 e. The maximum Gasteiger partial charge on any atom is 0.272 e. The van der Waals surface area contributed by atoms with E-state index in [1.54, 1.807) is 6.20 Å². The molecule has 2 aliphatic rings. The molecule has 1 saturated heterocycles. The number of amides is 1. The lowest BCUT2D eigenvalue weighted by atomic mass is 9.98. The molecular weight excluding hydrogens is 328 g/mol. The molecule has 0 aromatic carbocycles. The summed E-state index contributed by atoms with van der Waals surface area (Å²) in [5, 5.41) is 8.57. The van der Waals surface area contributed by atoms with Gasteiger partial charge in [0.25, 0.3) is 5.91 Å². The van der Waals surface area contributed by atoms with Crippen molar-refractivity contribution in [3.05, 3.63) is 48.2 Å². The Morgan fingerprint density at radius 1 is 1.23 bits per heavy atom. The SMILES string of the molecule is O=C(c1cnc2ccccn12)N1CCC[C@H](Cn2cc(C3CC3)nn2)C1. The van der Waals surface area contributed by atoms with E-state index in [9.17, 15) is 4.79 Å². The molecule has 7 nitrogen and oxygen atoms in total. The van der Waals surface area contributed by atoms with Gasteiger partial charge < -0.3 is 4.90 Å². The van der Waals surface area contributed by atoms with Gasteiger partial charge in [-0.3, -0.25) is 13.9 Å². The van der Waals surface area contributed by atoms with E-state index >= 15 is 0 Å². The lowest BCUT2D eigenvalue weighted by Gasteiger charge is -2.32. The van der Waals surface area contributed by atoms with Gasteiger partial charge >= 0.3 is 0 Å². The van der Waals surface area contributed by atoms with Crippen LogP contribution in [0.25, 0.3) is 5.65 Å². The third-order valence-corrected chi connectivity index (χ3v) is 5.44. The van der Waals surface area contributed by atoms with Gasteiger partial charge in [-0.2, -0.15) is 0 Å². The first-order chi connectivity index (χ1) is 12.8. The van der Waals surface area contributed by atoms with E-state index in [0.717, 1.165) is 43.8 Å². The number of nitrogens with zero attached hydrogens (tertiary/aromatic N) is 6. The highest BCUT2D eigenvalue weighted by Crippen LogP contribution is 2.38. The first-order valence-corrected chi connectivity index (χ1v) is 9.39. The minimum atomic E-state index is 0.0608. The van der Waals surface area contributed by atoms with Gasteiger partial charge in [-0.25, -0.2) is 4.98 Å². The third-order valence-electron chi connectivity index (χ3n) is 5.44. The predicted molar refractivity (Wildman–Crippen MR) is 95.8 cm³/mol. The van der Waals surface area contributed by atoms with Crippen molar-refractivity contribution in [1.82, 2.24) is 29.3 Å². The molecule has 0 bridgehead atoms. The topological polar surface area (TPSA) is 68.3 Å². The number of carbonyl (C=O) groups excluding carboxylic acids is 1. The minimum absolute atomic E-state index is 0.0608. The van der Waals surface area contributed by atoms with Crippen molar-refractivity contribution in [3.63, 3.8) is 0 Å². The monoisotopic (exact) mass is 350 g/mol. The highest BCUT2D eigenvalue weighted by atomic mass is 16.2. The molecule has 1 saturated carbocycles. The Hall–Kier alpha value is -2.70. The van der Waals surface area contributed by atoms with E-state index in [1.165, 1.54) is 12.8 Å². The van der Waals surface area contributed by atoms with Crippen molar-refractivity contribution < 1.29 is 4.79 Å². The van der Waals surface area contributed by atoms with Crippen LogP contribution in [-0.2, 0) is 6.54 Å². The first-order valence-electron chi connectivity index (χ1n) is 9.39. The Bertz CT molecular complexity index is 940. The first kappa shape index (κ1) is 15.5. The second kappa shape index (κ2) is 6.23. The van der Waals surface area contributed by atoms with Crippen LogP contribution in [-0.4, -0.2) is 48.3 Å².